The molecule has 58 valence electrons. The molecule has 0 radical (unpaired) electrons. The van der Waals surface area contributed by atoms with Crippen LogP contribution in [0.25, 0.3) is 0 Å². The van der Waals surface area contributed by atoms with Gasteiger partial charge in [-0.05, 0) is 12.5 Å². The lowest BCUT2D eigenvalue weighted by molar-refractivity contribution is -0.125. The Hall–Kier alpha value is -0.790. The topological polar surface area (TPSA) is 20.3 Å². The van der Waals surface area contributed by atoms with E-state index >= 15 is 0 Å². The molecule has 0 saturated carbocycles. The van der Waals surface area contributed by atoms with E-state index in [4.69, 9.17) is 0 Å². The third kappa shape index (κ3) is 2.67. The van der Waals surface area contributed by atoms with E-state index < -0.39 is 0 Å². The molecule has 0 atom stereocenters. The van der Waals surface area contributed by atoms with E-state index in [-0.39, 0.29) is 5.91 Å². The molecule has 0 aromatic rings. The van der Waals surface area contributed by atoms with E-state index in [1.807, 2.05) is 27.0 Å². The molecule has 0 bridgehead atoms. The number of carbonyl (C=O) groups excluding carboxylic acids is 1. The number of hydrogen-bond acceptors (Lipinski definition) is 1. The van der Waals surface area contributed by atoms with Crippen molar-refractivity contribution in [2.24, 2.45) is 0 Å². The Morgan fingerprint density at radius 2 is 2.10 bits per heavy atom. The van der Waals surface area contributed by atoms with Crippen LogP contribution in [0.5, 0.6) is 0 Å². The van der Waals surface area contributed by atoms with E-state index in [2.05, 4.69) is 0 Å². The Kier molecular flexibility index (Phi) is 4.63. The van der Waals surface area contributed by atoms with Crippen molar-refractivity contribution in [3.05, 3.63) is 12.2 Å². The maximum Gasteiger partial charge on any atom is 0.245 e. The zero-order chi connectivity index (χ0) is 7.98. The molecule has 0 N–H and O–H groups in total. The van der Waals surface area contributed by atoms with Crippen LogP contribution < -0.4 is 0 Å². The van der Waals surface area contributed by atoms with Gasteiger partial charge in [0.25, 0.3) is 0 Å². The highest BCUT2D eigenvalue weighted by molar-refractivity contribution is 5.88. The summed E-state index contributed by atoms with van der Waals surface area (Å²) in [6, 6.07) is 0. The number of hydrogen-bond donors (Lipinski definition) is 0. The van der Waals surface area contributed by atoms with Crippen molar-refractivity contribution < 1.29 is 4.79 Å². The lowest BCUT2D eigenvalue weighted by Gasteiger charge is -2.16. The minimum absolute atomic E-state index is 0.122. The molecule has 1 rings (SSSR count). The van der Waals surface area contributed by atoms with Crippen molar-refractivity contribution in [3.63, 3.8) is 0 Å². The summed E-state index contributed by atoms with van der Waals surface area (Å²) in [4.78, 5) is 12.3. The summed E-state index contributed by atoms with van der Waals surface area (Å²) in [6.07, 6.45) is 4.52. The fraction of sp³-hybridized carbons (Fsp3) is 0.625. The average molecular weight is 141 g/mol. The monoisotopic (exact) mass is 141 g/mol. The van der Waals surface area contributed by atoms with Gasteiger partial charge in [0.1, 0.15) is 0 Å². The zero-order valence-corrected chi connectivity index (χ0v) is 6.92. The summed E-state index contributed by atoms with van der Waals surface area (Å²) in [5.74, 6) is 0.122. The molecule has 10 heavy (non-hydrogen) atoms. The number of amides is 1. The van der Waals surface area contributed by atoms with Crippen LogP contribution in [-0.4, -0.2) is 24.4 Å². The van der Waals surface area contributed by atoms with Gasteiger partial charge in [0.05, 0.1) is 0 Å². The number of likely N-dealkylation sites (N-methyl/N-ethyl adjacent to an activating group) is 1. The molecule has 1 heterocycles. The standard InChI is InChI=1S/C6H9NO.C2H6/c1-7-5-3-2-4-6(7)8;1-2/h2,4H,3,5H2,1H3;1-2H3. The van der Waals surface area contributed by atoms with Crippen LogP contribution in [0.1, 0.15) is 20.3 Å². The highest BCUT2D eigenvalue weighted by Gasteiger charge is 2.05. The van der Waals surface area contributed by atoms with Crippen molar-refractivity contribution in [1.29, 1.82) is 0 Å². The molecule has 0 fully saturated rings. The van der Waals surface area contributed by atoms with Crippen LogP contribution >= 0.6 is 0 Å². The molecule has 1 aliphatic heterocycles. The van der Waals surface area contributed by atoms with Gasteiger partial charge in [0.2, 0.25) is 5.91 Å². The molecular weight excluding hydrogens is 126 g/mol. The zero-order valence-electron chi connectivity index (χ0n) is 6.92. The Morgan fingerprint density at radius 1 is 1.50 bits per heavy atom. The molecule has 0 saturated heterocycles. The minimum Gasteiger partial charge on any atom is -0.342 e. The maximum atomic E-state index is 10.6. The number of carbonyl (C=O) groups is 1. The Labute approximate surface area is 62.5 Å². The molecule has 2 heteroatoms. The van der Waals surface area contributed by atoms with E-state index in [0.29, 0.717) is 0 Å². The molecule has 0 aromatic carbocycles. The van der Waals surface area contributed by atoms with E-state index in [0.717, 1.165) is 13.0 Å². The van der Waals surface area contributed by atoms with Crippen molar-refractivity contribution in [3.8, 4) is 0 Å². The third-order valence-electron chi connectivity index (χ3n) is 1.27. The van der Waals surface area contributed by atoms with Crippen LogP contribution in [0.4, 0.5) is 0 Å². The van der Waals surface area contributed by atoms with Gasteiger partial charge in [-0.2, -0.15) is 0 Å². The van der Waals surface area contributed by atoms with Crippen LogP contribution in [0.3, 0.4) is 0 Å². The quantitative estimate of drug-likeness (QED) is 0.499. The largest absolute Gasteiger partial charge is 0.342 e. The molecule has 2 nitrogen and oxygen atoms in total. The Balaban J connectivity index is 0.000000371. The first-order valence-corrected chi connectivity index (χ1v) is 3.72. The fourth-order valence-electron chi connectivity index (χ4n) is 0.690. The summed E-state index contributed by atoms with van der Waals surface area (Å²) < 4.78 is 0. The Bertz CT molecular complexity index is 129. The van der Waals surface area contributed by atoms with Gasteiger partial charge in [0.15, 0.2) is 0 Å². The third-order valence-corrected chi connectivity index (χ3v) is 1.27. The second-order valence-corrected chi connectivity index (χ2v) is 1.95. The molecule has 0 aromatic heterocycles. The van der Waals surface area contributed by atoms with Crippen LogP contribution in [0.15, 0.2) is 12.2 Å². The SMILES string of the molecule is CC.CN1CCC=CC1=O. The van der Waals surface area contributed by atoms with Crippen molar-refractivity contribution in [1.82, 2.24) is 4.90 Å². The van der Waals surface area contributed by atoms with Crippen LogP contribution in [0.2, 0.25) is 0 Å². The van der Waals surface area contributed by atoms with E-state index in [1.165, 1.54) is 0 Å². The first kappa shape index (κ1) is 9.21. The van der Waals surface area contributed by atoms with Gasteiger partial charge in [-0.1, -0.05) is 19.9 Å². The van der Waals surface area contributed by atoms with Gasteiger partial charge in [-0.15, -0.1) is 0 Å². The maximum absolute atomic E-state index is 10.6. The fourth-order valence-corrected chi connectivity index (χ4v) is 0.690. The van der Waals surface area contributed by atoms with Crippen LogP contribution in [-0.2, 0) is 4.79 Å². The highest BCUT2D eigenvalue weighted by atomic mass is 16.2. The summed E-state index contributed by atoms with van der Waals surface area (Å²) in [5, 5.41) is 0. The van der Waals surface area contributed by atoms with E-state index in [9.17, 15) is 4.79 Å². The Morgan fingerprint density at radius 3 is 2.40 bits per heavy atom. The molecular formula is C8H15NO. The average Bonchev–Trinajstić information content (AvgIpc) is 2.00. The predicted octanol–water partition coefficient (Wildman–Crippen LogP) is 1.43. The summed E-state index contributed by atoms with van der Waals surface area (Å²) >= 11 is 0. The van der Waals surface area contributed by atoms with Crippen molar-refractivity contribution >= 4 is 5.91 Å². The summed E-state index contributed by atoms with van der Waals surface area (Å²) in [5.41, 5.74) is 0. The van der Waals surface area contributed by atoms with Crippen molar-refractivity contribution in [2.75, 3.05) is 13.6 Å². The normalized spacial score (nSPS) is 16.3. The van der Waals surface area contributed by atoms with Gasteiger partial charge in [0, 0.05) is 13.6 Å². The minimum atomic E-state index is 0.122. The molecule has 1 amide bonds. The number of nitrogens with zero attached hydrogens (tertiary/aromatic N) is 1. The summed E-state index contributed by atoms with van der Waals surface area (Å²) in [6.45, 7) is 4.87. The molecule has 0 aliphatic carbocycles. The van der Waals surface area contributed by atoms with Gasteiger partial charge < -0.3 is 4.90 Å². The van der Waals surface area contributed by atoms with Gasteiger partial charge >= 0.3 is 0 Å². The second-order valence-electron chi connectivity index (χ2n) is 1.95. The lowest BCUT2D eigenvalue weighted by atomic mass is 10.3. The highest BCUT2D eigenvalue weighted by Crippen LogP contribution is 1.97. The molecule has 0 spiro atoms. The lowest BCUT2D eigenvalue weighted by Crippen LogP contribution is -2.27. The first-order chi connectivity index (χ1) is 4.80. The van der Waals surface area contributed by atoms with Crippen LogP contribution in [0, 0.1) is 0 Å². The summed E-state index contributed by atoms with van der Waals surface area (Å²) in [7, 11) is 1.81. The molecule has 1 aliphatic rings. The van der Waals surface area contributed by atoms with Gasteiger partial charge in [-0.25, -0.2) is 0 Å². The first-order valence-electron chi connectivity index (χ1n) is 3.72. The smallest absolute Gasteiger partial charge is 0.245 e. The van der Waals surface area contributed by atoms with Crippen molar-refractivity contribution in [2.45, 2.75) is 20.3 Å². The predicted molar refractivity (Wildman–Crippen MR) is 42.7 cm³/mol. The van der Waals surface area contributed by atoms with Gasteiger partial charge in [-0.3, -0.25) is 4.79 Å². The second kappa shape index (κ2) is 5.03. The molecule has 0 unspecified atom stereocenters. The number of rotatable bonds is 0. The van der Waals surface area contributed by atoms with E-state index in [1.54, 1.807) is 11.0 Å².